The average Bonchev–Trinajstić information content (AvgIpc) is 1.77. The number of hydrogen-bond acceptors (Lipinski definition) is 3. The summed E-state index contributed by atoms with van der Waals surface area (Å²) in [5, 5.41) is 8.85. The molecule has 1 unspecified atom stereocenters. The van der Waals surface area contributed by atoms with Crippen molar-refractivity contribution < 1.29 is 9.84 Å². The van der Waals surface area contributed by atoms with Crippen molar-refractivity contribution in [2.24, 2.45) is 5.73 Å². The van der Waals surface area contributed by atoms with Gasteiger partial charge in [0, 0.05) is 0 Å². The van der Waals surface area contributed by atoms with Gasteiger partial charge in [-0.15, -0.1) is 0 Å². The molecule has 0 aromatic heterocycles. The van der Waals surface area contributed by atoms with Crippen molar-refractivity contribution in [1.82, 2.24) is 0 Å². The topological polar surface area (TPSA) is 55.5 Å². The molecule has 0 saturated carbocycles. The molecule has 2 atom stereocenters. The molecule has 0 radical (unpaired) electrons. The smallest absolute Gasteiger partial charge is 0.105 e. The van der Waals surface area contributed by atoms with E-state index in [-0.39, 0.29) is 12.3 Å². The van der Waals surface area contributed by atoms with Crippen LogP contribution in [0.5, 0.6) is 0 Å². The van der Waals surface area contributed by atoms with E-state index < -0.39 is 0 Å². The van der Waals surface area contributed by atoms with E-state index in [2.05, 4.69) is 0 Å². The molecule has 1 rings (SSSR count). The van der Waals surface area contributed by atoms with Gasteiger partial charge in [-0.3, -0.25) is 0 Å². The number of ether oxygens (including phenoxy) is 1. The van der Waals surface area contributed by atoms with E-state index in [0.717, 1.165) is 12.8 Å². The minimum atomic E-state index is -0.283. The lowest BCUT2D eigenvalue weighted by Gasteiger charge is -2.22. The van der Waals surface area contributed by atoms with Crippen LogP contribution in [0.3, 0.4) is 0 Å². The maximum Gasteiger partial charge on any atom is 0.105 e. The molecule has 8 heavy (non-hydrogen) atoms. The highest BCUT2D eigenvalue weighted by molar-refractivity contribution is 4.63. The Morgan fingerprint density at radius 1 is 1.50 bits per heavy atom. The van der Waals surface area contributed by atoms with Crippen LogP contribution < -0.4 is 5.73 Å². The molecular weight excluding hydrogens is 106 g/mol. The van der Waals surface area contributed by atoms with Gasteiger partial charge in [0.2, 0.25) is 0 Å². The van der Waals surface area contributed by atoms with E-state index in [1.165, 1.54) is 0 Å². The second kappa shape index (κ2) is 2.44. The molecule has 1 saturated heterocycles. The molecule has 3 N–H and O–H groups in total. The molecule has 0 bridgehead atoms. The zero-order valence-corrected chi connectivity index (χ0v) is 4.71. The SMILES string of the molecule is NC1CC[C@H](O)CO1. The van der Waals surface area contributed by atoms with Crippen LogP contribution in [0.2, 0.25) is 0 Å². The fraction of sp³-hybridized carbons (Fsp3) is 1.00. The van der Waals surface area contributed by atoms with Crippen molar-refractivity contribution in [3.63, 3.8) is 0 Å². The first-order chi connectivity index (χ1) is 3.79. The summed E-state index contributed by atoms with van der Waals surface area (Å²) < 4.78 is 4.92. The predicted molar refractivity (Wildman–Crippen MR) is 29.2 cm³/mol. The standard InChI is InChI=1S/C5H11NO2/c6-5-2-1-4(7)3-8-5/h4-5,7H,1-3,6H2/t4-,5?/m0/s1. The zero-order chi connectivity index (χ0) is 5.98. The largest absolute Gasteiger partial charge is 0.391 e. The van der Waals surface area contributed by atoms with Gasteiger partial charge in [0.15, 0.2) is 0 Å². The van der Waals surface area contributed by atoms with Crippen LogP contribution in [0.15, 0.2) is 0 Å². The molecule has 1 fully saturated rings. The monoisotopic (exact) mass is 117 g/mol. The van der Waals surface area contributed by atoms with Gasteiger partial charge in [0.1, 0.15) is 6.23 Å². The lowest BCUT2D eigenvalue weighted by atomic mass is 10.1. The van der Waals surface area contributed by atoms with Crippen LogP contribution in [-0.2, 0) is 4.74 Å². The zero-order valence-electron chi connectivity index (χ0n) is 4.71. The van der Waals surface area contributed by atoms with Crippen molar-refractivity contribution >= 4 is 0 Å². The molecule has 0 aromatic carbocycles. The lowest BCUT2D eigenvalue weighted by Crippen LogP contribution is -2.34. The molecule has 0 aromatic rings. The molecule has 3 nitrogen and oxygen atoms in total. The van der Waals surface area contributed by atoms with Crippen molar-refractivity contribution in [3.05, 3.63) is 0 Å². The van der Waals surface area contributed by atoms with Crippen molar-refractivity contribution in [2.75, 3.05) is 6.61 Å². The summed E-state index contributed by atoms with van der Waals surface area (Å²) >= 11 is 0. The first-order valence-corrected chi connectivity index (χ1v) is 2.84. The molecule has 1 aliphatic rings. The molecule has 0 spiro atoms. The van der Waals surface area contributed by atoms with E-state index in [4.69, 9.17) is 15.6 Å². The highest BCUT2D eigenvalue weighted by Gasteiger charge is 2.15. The van der Waals surface area contributed by atoms with Crippen LogP contribution in [0.4, 0.5) is 0 Å². The Balaban J connectivity index is 2.19. The van der Waals surface area contributed by atoms with Crippen LogP contribution in [-0.4, -0.2) is 24.0 Å². The van der Waals surface area contributed by atoms with E-state index in [9.17, 15) is 0 Å². The fourth-order valence-corrected chi connectivity index (χ4v) is 0.758. The third kappa shape index (κ3) is 1.43. The maximum atomic E-state index is 8.85. The second-order valence-electron chi connectivity index (χ2n) is 2.10. The molecule has 1 aliphatic heterocycles. The Morgan fingerprint density at radius 2 is 2.25 bits per heavy atom. The summed E-state index contributed by atoms with van der Waals surface area (Å²) in [5.41, 5.74) is 5.36. The van der Waals surface area contributed by atoms with Crippen molar-refractivity contribution in [2.45, 2.75) is 25.2 Å². The Morgan fingerprint density at radius 3 is 2.62 bits per heavy atom. The normalized spacial score (nSPS) is 39.8. The Hall–Kier alpha value is -0.120. The van der Waals surface area contributed by atoms with Gasteiger partial charge in [-0.1, -0.05) is 0 Å². The summed E-state index contributed by atoms with van der Waals surface area (Å²) in [5.74, 6) is 0. The summed E-state index contributed by atoms with van der Waals surface area (Å²) in [6.45, 7) is 0.404. The summed E-state index contributed by atoms with van der Waals surface area (Å²) in [4.78, 5) is 0. The van der Waals surface area contributed by atoms with Crippen molar-refractivity contribution in [3.8, 4) is 0 Å². The first kappa shape index (κ1) is 6.01. The molecule has 0 aliphatic carbocycles. The molecular formula is C5H11NO2. The van der Waals surface area contributed by atoms with E-state index in [0.29, 0.717) is 6.61 Å². The Kier molecular flexibility index (Phi) is 1.83. The number of aliphatic hydroxyl groups is 1. The van der Waals surface area contributed by atoms with Gasteiger partial charge < -0.3 is 15.6 Å². The van der Waals surface area contributed by atoms with E-state index >= 15 is 0 Å². The van der Waals surface area contributed by atoms with Gasteiger partial charge in [0.25, 0.3) is 0 Å². The highest BCUT2D eigenvalue weighted by atomic mass is 16.5. The maximum absolute atomic E-state index is 8.85. The summed E-state index contributed by atoms with van der Waals surface area (Å²) in [6, 6.07) is 0. The first-order valence-electron chi connectivity index (χ1n) is 2.84. The predicted octanol–water partition coefficient (Wildman–Crippen LogP) is -0.558. The third-order valence-corrected chi connectivity index (χ3v) is 1.29. The van der Waals surface area contributed by atoms with Gasteiger partial charge in [-0.25, -0.2) is 0 Å². The fourth-order valence-electron chi connectivity index (χ4n) is 0.758. The van der Waals surface area contributed by atoms with Crippen molar-refractivity contribution in [1.29, 1.82) is 0 Å². The van der Waals surface area contributed by atoms with Gasteiger partial charge in [-0.2, -0.15) is 0 Å². The third-order valence-electron chi connectivity index (χ3n) is 1.29. The van der Waals surface area contributed by atoms with Crippen LogP contribution in [0.1, 0.15) is 12.8 Å². The van der Waals surface area contributed by atoms with Gasteiger partial charge in [-0.05, 0) is 12.8 Å². The van der Waals surface area contributed by atoms with Gasteiger partial charge in [0.05, 0.1) is 12.7 Å². The van der Waals surface area contributed by atoms with E-state index in [1.54, 1.807) is 0 Å². The Labute approximate surface area is 48.4 Å². The minimum Gasteiger partial charge on any atom is -0.391 e. The summed E-state index contributed by atoms with van der Waals surface area (Å²) in [7, 11) is 0. The number of nitrogens with two attached hydrogens (primary N) is 1. The molecule has 0 amide bonds. The van der Waals surface area contributed by atoms with Crippen LogP contribution in [0.25, 0.3) is 0 Å². The highest BCUT2D eigenvalue weighted by Crippen LogP contribution is 2.08. The quantitative estimate of drug-likeness (QED) is 0.447. The van der Waals surface area contributed by atoms with Gasteiger partial charge >= 0.3 is 0 Å². The molecule has 48 valence electrons. The lowest BCUT2D eigenvalue weighted by molar-refractivity contribution is -0.0523. The molecule has 1 heterocycles. The van der Waals surface area contributed by atoms with Crippen LogP contribution in [0, 0.1) is 0 Å². The van der Waals surface area contributed by atoms with E-state index in [1.807, 2.05) is 0 Å². The minimum absolute atomic E-state index is 0.140. The Bertz CT molecular complexity index is 58.8. The summed E-state index contributed by atoms with van der Waals surface area (Å²) in [6.07, 6.45) is 1.13. The number of rotatable bonds is 0. The van der Waals surface area contributed by atoms with Crippen LogP contribution >= 0.6 is 0 Å². The number of aliphatic hydroxyl groups excluding tert-OH is 1. The molecule has 3 heteroatoms. The average molecular weight is 117 g/mol. The number of hydrogen-bond donors (Lipinski definition) is 2. The second-order valence-corrected chi connectivity index (χ2v) is 2.10.